The number of piperazine rings is 1. The number of hydrogen-bond acceptors (Lipinski definition) is 3. The first-order valence-corrected chi connectivity index (χ1v) is 10.3. The van der Waals surface area contributed by atoms with Crippen LogP contribution in [0.4, 0.5) is 5.69 Å². The summed E-state index contributed by atoms with van der Waals surface area (Å²) < 4.78 is 0. The first-order valence-electron chi connectivity index (χ1n) is 9.41. The monoisotopic (exact) mass is 382 g/mol. The van der Waals surface area contributed by atoms with Crippen molar-refractivity contribution < 1.29 is 14.5 Å². The summed E-state index contributed by atoms with van der Waals surface area (Å²) in [6, 6.07) is 18.2. The van der Waals surface area contributed by atoms with Crippen LogP contribution >= 0.6 is 11.8 Å². The molecule has 0 spiro atoms. The molecule has 0 bridgehead atoms. The molecule has 2 amide bonds. The highest BCUT2D eigenvalue weighted by Gasteiger charge is 2.32. The van der Waals surface area contributed by atoms with Crippen molar-refractivity contribution in [1.29, 1.82) is 0 Å². The molecule has 1 saturated heterocycles. The van der Waals surface area contributed by atoms with E-state index in [9.17, 15) is 9.59 Å². The molecule has 1 fully saturated rings. The van der Waals surface area contributed by atoms with Crippen LogP contribution < -0.4 is 10.2 Å². The first-order chi connectivity index (χ1) is 13.2. The Kier molecular flexibility index (Phi) is 5.45. The Balaban J connectivity index is 1.29. The molecule has 0 radical (unpaired) electrons. The lowest BCUT2D eigenvalue weighted by Crippen LogP contribution is -3.13. The van der Waals surface area contributed by atoms with Crippen molar-refractivity contribution in [2.24, 2.45) is 0 Å². The van der Waals surface area contributed by atoms with Gasteiger partial charge in [0.2, 0.25) is 11.8 Å². The Labute approximate surface area is 163 Å². The van der Waals surface area contributed by atoms with Crippen molar-refractivity contribution in [3.63, 3.8) is 0 Å². The third-order valence-electron chi connectivity index (χ3n) is 5.19. The van der Waals surface area contributed by atoms with Gasteiger partial charge in [-0.25, -0.2) is 0 Å². The van der Waals surface area contributed by atoms with Crippen molar-refractivity contribution in [2.75, 3.05) is 31.5 Å². The minimum absolute atomic E-state index is 0.0691. The summed E-state index contributed by atoms with van der Waals surface area (Å²) in [4.78, 5) is 29.5. The van der Waals surface area contributed by atoms with Gasteiger partial charge < -0.3 is 15.1 Å². The van der Waals surface area contributed by atoms with Crippen LogP contribution in [0.1, 0.15) is 12.0 Å². The fraction of sp³-hybridized carbons (Fsp3) is 0.333. The largest absolute Gasteiger partial charge is 0.331 e. The van der Waals surface area contributed by atoms with Gasteiger partial charge in [-0.15, -0.1) is 11.8 Å². The van der Waals surface area contributed by atoms with Gasteiger partial charge in [0, 0.05) is 16.9 Å². The number of hydrogen-bond donors (Lipinski definition) is 2. The molecular formula is C21H24N3O2S+. The zero-order valence-electron chi connectivity index (χ0n) is 15.2. The second-order valence-corrected chi connectivity index (χ2v) is 8.33. The molecule has 27 heavy (non-hydrogen) atoms. The normalized spacial score (nSPS) is 20.1. The summed E-state index contributed by atoms with van der Waals surface area (Å²) in [6.45, 7) is 4.43. The number of amides is 2. The molecule has 2 aliphatic heterocycles. The number of benzene rings is 2. The number of carbonyl (C=O) groups excluding carboxylic acids is 2. The summed E-state index contributed by atoms with van der Waals surface area (Å²) >= 11 is 1.50. The minimum atomic E-state index is -0.345. The van der Waals surface area contributed by atoms with E-state index in [1.54, 1.807) is 0 Å². The van der Waals surface area contributed by atoms with Gasteiger partial charge in [0.05, 0.1) is 37.1 Å². The quantitative estimate of drug-likeness (QED) is 0.841. The van der Waals surface area contributed by atoms with Crippen LogP contribution in [0, 0.1) is 0 Å². The van der Waals surface area contributed by atoms with Gasteiger partial charge in [0.15, 0.2) is 0 Å². The standard InChI is InChI=1S/C21H23N3O2S/c25-20(14-19-21(26)22-17-8-4-5-9-18(17)27-19)24-12-10-23(11-13-24)15-16-6-2-1-3-7-16/h1-9,19H,10-15H2,(H,22,26)/p+1/t19-/m1/s1. The molecule has 2 N–H and O–H groups in total. The molecule has 2 aromatic rings. The molecule has 0 aliphatic carbocycles. The summed E-state index contributed by atoms with van der Waals surface area (Å²) in [5, 5.41) is 2.57. The van der Waals surface area contributed by atoms with Crippen LogP contribution in [-0.2, 0) is 16.1 Å². The summed E-state index contributed by atoms with van der Waals surface area (Å²) in [6.07, 6.45) is 0.263. The van der Waals surface area contributed by atoms with E-state index in [0.717, 1.165) is 43.3 Å². The number of quaternary nitrogens is 1. The van der Waals surface area contributed by atoms with E-state index < -0.39 is 0 Å². The molecule has 2 aliphatic rings. The van der Waals surface area contributed by atoms with Gasteiger partial charge in [-0.3, -0.25) is 9.59 Å². The summed E-state index contributed by atoms with van der Waals surface area (Å²) in [5.41, 5.74) is 2.18. The highest BCUT2D eigenvalue weighted by Crippen LogP contribution is 2.36. The second-order valence-electron chi connectivity index (χ2n) is 7.09. The van der Waals surface area contributed by atoms with Gasteiger partial charge in [-0.1, -0.05) is 42.5 Å². The summed E-state index contributed by atoms with van der Waals surface area (Å²) in [5.74, 6) is 0.0150. The first kappa shape index (κ1) is 18.1. The Morgan fingerprint density at radius 1 is 1.07 bits per heavy atom. The fourth-order valence-electron chi connectivity index (χ4n) is 3.65. The molecule has 0 unspecified atom stereocenters. The van der Waals surface area contributed by atoms with Crippen molar-refractivity contribution in [2.45, 2.75) is 23.1 Å². The highest BCUT2D eigenvalue weighted by molar-refractivity contribution is 8.01. The van der Waals surface area contributed by atoms with Crippen molar-refractivity contribution in [1.82, 2.24) is 4.90 Å². The molecule has 2 aromatic carbocycles. The zero-order valence-corrected chi connectivity index (χ0v) is 16.0. The molecule has 4 rings (SSSR count). The van der Waals surface area contributed by atoms with E-state index in [-0.39, 0.29) is 23.5 Å². The lowest BCUT2D eigenvalue weighted by Gasteiger charge is -2.33. The molecule has 0 saturated carbocycles. The second kappa shape index (κ2) is 8.15. The topological polar surface area (TPSA) is 53.9 Å². The Bertz CT molecular complexity index is 819. The van der Waals surface area contributed by atoms with Crippen molar-refractivity contribution in [3.8, 4) is 0 Å². The number of anilines is 1. The van der Waals surface area contributed by atoms with Crippen molar-refractivity contribution >= 4 is 29.3 Å². The van der Waals surface area contributed by atoms with Gasteiger partial charge in [0.25, 0.3) is 0 Å². The van der Waals surface area contributed by atoms with Gasteiger partial charge >= 0.3 is 0 Å². The maximum Gasteiger partial charge on any atom is 0.238 e. The number of fused-ring (bicyclic) bond motifs is 1. The molecule has 2 heterocycles. The average Bonchev–Trinajstić information content (AvgIpc) is 2.70. The van der Waals surface area contributed by atoms with Crippen LogP contribution in [0.25, 0.3) is 0 Å². The van der Waals surface area contributed by atoms with E-state index in [2.05, 4.69) is 29.6 Å². The molecule has 0 aromatic heterocycles. The van der Waals surface area contributed by atoms with Gasteiger partial charge in [0.1, 0.15) is 6.54 Å². The van der Waals surface area contributed by atoms with E-state index in [1.165, 1.54) is 22.2 Å². The number of nitrogens with one attached hydrogen (secondary N) is 2. The Morgan fingerprint density at radius 2 is 1.78 bits per heavy atom. The fourth-order valence-corrected chi connectivity index (χ4v) is 4.75. The maximum absolute atomic E-state index is 12.7. The molecule has 1 atom stereocenters. The number of thioether (sulfide) groups is 1. The predicted molar refractivity (Wildman–Crippen MR) is 107 cm³/mol. The van der Waals surface area contributed by atoms with E-state index in [1.807, 2.05) is 35.2 Å². The number of nitrogens with zero attached hydrogens (tertiary/aromatic N) is 1. The van der Waals surface area contributed by atoms with E-state index >= 15 is 0 Å². The minimum Gasteiger partial charge on any atom is -0.331 e. The molecule has 6 heteroatoms. The maximum atomic E-state index is 12.7. The van der Waals surface area contributed by atoms with Crippen LogP contribution in [0.3, 0.4) is 0 Å². The number of carbonyl (C=O) groups is 2. The third-order valence-corrected chi connectivity index (χ3v) is 6.46. The third kappa shape index (κ3) is 4.34. The van der Waals surface area contributed by atoms with Crippen LogP contribution in [0.2, 0.25) is 0 Å². The van der Waals surface area contributed by atoms with Crippen LogP contribution in [0.15, 0.2) is 59.5 Å². The van der Waals surface area contributed by atoms with Gasteiger partial charge in [-0.2, -0.15) is 0 Å². The van der Waals surface area contributed by atoms with Crippen LogP contribution in [0.5, 0.6) is 0 Å². The van der Waals surface area contributed by atoms with Crippen molar-refractivity contribution in [3.05, 3.63) is 60.2 Å². The molecule has 140 valence electrons. The smallest absolute Gasteiger partial charge is 0.238 e. The highest BCUT2D eigenvalue weighted by atomic mass is 32.2. The van der Waals surface area contributed by atoms with Crippen LogP contribution in [-0.4, -0.2) is 48.1 Å². The van der Waals surface area contributed by atoms with E-state index in [4.69, 9.17) is 0 Å². The van der Waals surface area contributed by atoms with Gasteiger partial charge in [-0.05, 0) is 12.1 Å². The number of rotatable bonds is 4. The Morgan fingerprint density at radius 3 is 2.56 bits per heavy atom. The Hall–Kier alpha value is -2.31. The molecular weight excluding hydrogens is 358 g/mol. The predicted octanol–water partition coefficient (Wildman–Crippen LogP) is 1.42. The van der Waals surface area contributed by atoms with E-state index in [0.29, 0.717) is 0 Å². The summed E-state index contributed by atoms with van der Waals surface area (Å²) in [7, 11) is 0. The molecule has 5 nitrogen and oxygen atoms in total. The average molecular weight is 383 g/mol. The lowest BCUT2D eigenvalue weighted by molar-refractivity contribution is -0.917. The SMILES string of the molecule is O=C1Nc2ccccc2S[C@@H]1CC(=O)N1CC[NH+](Cc2ccccc2)CC1. The zero-order chi connectivity index (χ0) is 18.6. The number of para-hydroxylation sites is 1. The lowest BCUT2D eigenvalue weighted by atomic mass is 10.2.